The van der Waals surface area contributed by atoms with Crippen molar-refractivity contribution in [3.8, 4) is 11.5 Å². The Morgan fingerprint density at radius 2 is 1.67 bits per heavy atom. The Morgan fingerprint density at radius 1 is 1.03 bits per heavy atom. The van der Waals surface area contributed by atoms with Gasteiger partial charge in [-0.3, -0.25) is 4.55 Å². The highest BCUT2D eigenvalue weighted by atomic mass is 32.2. The third-order valence-electron chi connectivity index (χ3n) is 5.03. The molecule has 1 aromatic heterocycles. The van der Waals surface area contributed by atoms with E-state index in [2.05, 4.69) is 9.97 Å². The van der Waals surface area contributed by atoms with Crippen molar-refractivity contribution in [1.29, 1.82) is 0 Å². The molecule has 3 aromatic rings. The maximum Gasteiger partial charge on any atom is 0.275 e. The molecule has 1 aliphatic heterocycles. The second-order valence-corrected chi connectivity index (χ2v) is 8.74. The van der Waals surface area contributed by atoms with Gasteiger partial charge in [-0.05, 0) is 43.2 Å². The van der Waals surface area contributed by atoms with Crippen LogP contribution in [0.2, 0.25) is 0 Å². The molecular formula is C22H23N3O4S. The molecule has 8 heteroatoms. The minimum Gasteiger partial charge on any atom is -0.453 e. The predicted octanol–water partition coefficient (Wildman–Crippen LogP) is 4.69. The van der Waals surface area contributed by atoms with E-state index in [0.29, 0.717) is 18.0 Å². The zero-order chi connectivity index (χ0) is 21.1. The Bertz CT molecular complexity index is 1100. The summed E-state index contributed by atoms with van der Waals surface area (Å²) < 4.78 is 40.3. The number of aryl methyl sites for hydroxylation is 1. The zero-order valence-electron chi connectivity index (χ0n) is 16.6. The number of aromatic nitrogens is 2. The molecule has 0 bridgehead atoms. The molecular weight excluding hydrogens is 402 g/mol. The van der Waals surface area contributed by atoms with E-state index in [0.717, 1.165) is 29.9 Å². The fourth-order valence-electron chi connectivity index (χ4n) is 3.64. The summed E-state index contributed by atoms with van der Waals surface area (Å²) in [6, 6.07) is 16.9. The second-order valence-electron chi connectivity index (χ2n) is 7.14. The molecule has 156 valence electrons. The Hall–Kier alpha value is -2.97. The van der Waals surface area contributed by atoms with Crippen LogP contribution < -0.4 is 9.64 Å². The Labute approximate surface area is 176 Å². The van der Waals surface area contributed by atoms with Crippen LogP contribution in [0, 0.1) is 0 Å². The first kappa shape index (κ1) is 20.3. The van der Waals surface area contributed by atoms with Crippen LogP contribution in [0.5, 0.6) is 11.5 Å². The first-order chi connectivity index (χ1) is 14.5. The number of nitrogens with zero attached hydrogens (tertiary/aromatic N) is 3. The van der Waals surface area contributed by atoms with Crippen LogP contribution in [-0.4, -0.2) is 29.5 Å². The maximum absolute atomic E-state index is 12.2. The van der Waals surface area contributed by atoms with Crippen LogP contribution in [0.3, 0.4) is 0 Å². The van der Waals surface area contributed by atoms with E-state index < -0.39 is 15.4 Å². The highest BCUT2D eigenvalue weighted by Crippen LogP contribution is 2.46. The van der Waals surface area contributed by atoms with Gasteiger partial charge in [0.25, 0.3) is 10.1 Å². The molecule has 1 atom stereocenters. The van der Waals surface area contributed by atoms with Crippen molar-refractivity contribution in [3.05, 3.63) is 72.3 Å². The molecule has 7 nitrogen and oxygen atoms in total. The van der Waals surface area contributed by atoms with Crippen molar-refractivity contribution in [3.63, 3.8) is 0 Å². The van der Waals surface area contributed by atoms with Gasteiger partial charge in [0, 0.05) is 18.4 Å². The smallest absolute Gasteiger partial charge is 0.275 e. The first-order valence-electron chi connectivity index (χ1n) is 9.89. The van der Waals surface area contributed by atoms with E-state index in [-0.39, 0.29) is 12.2 Å². The Balaban J connectivity index is 1.66. The van der Waals surface area contributed by atoms with Gasteiger partial charge in [-0.1, -0.05) is 37.6 Å². The van der Waals surface area contributed by atoms with Gasteiger partial charge in [0.2, 0.25) is 0 Å². The number of anilines is 2. The normalized spacial score (nSPS) is 13.9. The van der Waals surface area contributed by atoms with Crippen LogP contribution in [0.1, 0.15) is 36.5 Å². The molecule has 2 aromatic carbocycles. The molecule has 0 amide bonds. The lowest BCUT2D eigenvalue weighted by Crippen LogP contribution is -2.26. The quantitative estimate of drug-likeness (QED) is 0.549. The number of rotatable bonds is 7. The third-order valence-corrected chi connectivity index (χ3v) is 6.20. The van der Waals surface area contributed by atoms with E-state index in [1.54, 1.807) is 12.3 Å². The second kappa shape index (κ2) is 8.41. The van der Waals surface area contributed by atoms with E-state index in [1.165, 1.54) is 0 Å². The van der Waals surface area contributed by atoms with Gasteiger partial charge < -0.3 is 9.64 Å². The topological polar surface area (TPSA) is 92.6 Å². The lowest BCUT2D eigenvalue weighted by atomic mass is 10.1. The highest BCUT2D eigenvalue weighted by Gasteiger charge is 2.31. The number of ether oxygens (including phenoxy) is 1. The molecule has 0 fully saturated rings. The number of para-hydroxylation sites is 4. The first-order valence-corrected chi connectivity index (χ1v) is 11.4. The summed E-state index contributed by atoms with van der Waals surface area (Å²) in [5, 5.41) is -1.21. The molecule has 2 heterocycles. The highest BCUT2D eigenvalue weighted by molar-refractivity contribution is 7.86. The van der Waals surface area contributed by atoms with Gasteiger partial charge in [0.05, 0.1) is 11.4 Å². The summed E-state index contributed by atoms with van der Waals surface area (Å²) in [6.07, 6.45) is 3.27. The fourth-order valence-corrected chi connectivity index (χ4v) is 4.43. The van der Waals surface area contributed by atoms with Gasteiger partial charge >= 0.3 is 0 Å². The summed E-state index contributed by atoms with van der Waals surface area (Å²) >= 11 is 0. The molecule has 1 unspecified atom stereocenters. The zero-order valence-corrected chi connectivity index (χ0v) is 17.4. The summed E-state index contributed by atoms with van der Waals surface area (Å²) in [7, 11) is -4.39. The molecule has 30 heavy (non-hydrogen) atoms. The van der Waals surface area contributed by atoms with Crippen molar-refractivity contribution in [2.45, 2.75) is 31.4 Å². The van der Waals surface area contributed by atoms with Crippen molar-refractivity contribution < 1.29 is 17.7 Å². The molecule has 0 radical (unpaired) electrons. The van der Waals surface area contributed by atoms with Gasteiger partial charge in [-0.15, -0.1) is 0 Å². The van der Waals surface area contributed by atoms with Crippen LogP contribution in [0.15, 0.2) is 60.8 Å². The van der Waals surface area contributed by atoms with Crippen LogP contribution in [0.25, 0.3) is 0 Å². The number of hydrogen-bond acceptors (Lipinski definition) is 6. The van der Waals surface area contributed by atoms with Crippen molar-refractivity contribution in [2.24, 2.45) is 0 Å². The van der Waals surface area contributed by atoms with Gasteiger partial charge in [0.1, 0.15) is 11.1 Å². The predicted molar refractivity (Wildman–Crippen MR) is 115 cm³/mol. The number of benzene rings is 2. The van der Waals surface area contributed by atoms with Gasteiger partial charge in [-0.2, -0.15) is 8.42 Å². The van der Waals surface area contributed by atoms with E-state index in [1.807, 2.05) is 60.4 Å². The van der Waals surface area contributed by atoms with Crippen molar-refractivity contribution in [2.75, 3.05) is 11.4 Å². The van der Waals surface area contributed by atoms with Crippen molar-refractivity contribution >= 4 is 21.5 Å². The average Bonchev–Trinajstić information content (AvgIpc) is 2.73. The summed E-state index contributed by atoms with van der Waals surface area (Å²) in [4.78, 5) is 10.5. The van der Waals surface area contributed by atoms with Crippen LogP contribution >= 0.6 is 0 Å². The van der Waals surface area contributed by atoms with E-state index in [4.69, 9.17) is 4.74 Å². The SMILES string of the molecule is CCCc1ccnc(C(CCN2c3ccccc3Oc3ccccc32)S(=O)(=O)O)n1. The third kappa shape index (κ3) is 4.15. The lowest BCUT2D eigenvalue weighted by molar-refractivity contribution is 0.458. The van der Waals surface area contributed by atoms with Crippen molar-refractivity contribution in [1.82, 2.24) is 9.97 Å². The summed E-state index contributed by atoms with van der Waals surface area (Å²) in [5.74, 6) is 1.51. The minimum atomic E-state index is -4.39. The van der Waals surface area contributed by atoms with Crippen LogP contribution in [-0.2, 0) is 16.5 Å². The molecule has 4 rings (SSSR count). The standard InChI is InChI=1S/C22H23N3O4S/c1-2-7-16-12-14-23-22(24-16)21(30(26,27)28)13-15-25-17-8-3-5-10-19(17)29-20-11-6-4-9-18(20)25/h3-6,8-12,14,21H,2,7,13,15H2,1H3,(H,26,27,28). The average molecular weight is 426 g/mol. The van der Waals surface area contributed by atoms with Gasteiger partial charge in [0.15, 0.2) is 11.5 Å². The Kier molecular flexibility index (Phi) is 5.69. The minimum absolute atomic E-state index is 0.122. The maximum atomic E-state index is 12.2. The van der Waals surface area contributed by atoms with E-state index in [9.17, 15) is 13.0 Å². The largest absolute Gasteiger partial charge is 0.453 e. The fraction of sp³-hybridized carbons (Fsp3) is 0.273. The molecule has 0 saturated heterocycles. The molecule has 0 aliphatic carbocycles. The molecule has 1 aliphatic rings. The number of fused-ring (bicyclic) bond motifs is 2. The van der Waals surface area contributed by atoms with Crippen LogP contribution in [0.4, 0.5) is 11.4 Å². The lowest BCUT2D eigenvalue weighted by Gasteiger charge is -2.33. The molecule has 0 spiro atoms. The van der Waals surface area contributed by atoms with E-state index >= 15 is 0 Å². The Morgan fingerprint density at radius 3 is 2.27 bits per heavy atom. The van der Waals surface area contributed by atoms with Gasteiger partial charge in [-0.25, -0.2) is 9.97 Å². The monoisotopic (exact) mass is 425 g/mol. The molecule has 0 saturated carbocycles. The summed E-state index contributed by atoms with van der Waals surface area (Å²) in [6.45, 7) is 2.36. The molecule has 1 N–H and O–H groups in total. The number of hydrogen-bond donors (Lipinski definition) is 1. The summed E-state index contributed by atoms with van der Waals surface area (Å²) in [5.41, 5.74) is 2.44.